The molecular formula is C16H31NO2S. The predicted molar refractivity (Wildman–Crippen MR) is 86.6 cm³/mol. The summed E-state index contributed by atoms with van der Waals surface area (Å²) in [6, 6.07) is 0.617. The molecule has 1 N–H and O–H groups in total. The highest BCUT2D eigenvalue weighted by atomic mass is 32.2. The maximum absolute atomic E-state index is 6.12. The molecule has 2 saturated heterocycles. The fraction of sp³-hybridized carbons (Fsp3) is 1.00. The molecule has 0 bridgehead atoms. The van der Waals surface area contributed by atoms with Crippen LogP contribution in [0.3, 0.4) is 0 Å². The molecule has 0 aliphatic carbocycles. The number of ether oxygens (including phenoxy) is 2. The van der Waals surface area contributed by atoms with Crippen molar-refractivity contribution in [3.63, 3.8) is 0 Å². The fourth-order valence-electron chi connectivity index (χ4n) is 3.49. The first-order valence-corrected chi connectivity index (χ1v) is 9.40. The highest BCUT2D eigenvalue weighted by Gasteiger charge is 2.39. The summed E-state index contributed by atoms with van der Waals surface area (Å²) in [7, 11) is 0. The number of nitrogens with one attached hydrogen (secondary N) is 1. The SMILES string of the molecule is CCC(CC)(CNC1CCOC2(CCOCC2)C1)SC. The molecule has 118 valence electrons. The molecule has 2 heterocycles. The van der Waals surface area contributed by atoms with Crippen molar-refractivity contribution in [3.05, 3.63) is 0 Å². The van der Waals surface area contributed by atoms with Crippen molar-refractivity contribution < 1.29 is 9.47 Å². The zero-order chi connectivity index (χ0) is 14.5. The third-order valence-corrected chi connectivity index (χ3v) is 6.92. The molecule has 0 aromatic heterocycles. The third-order valence-electron chi connectivity index (χ3n) is 5.33. The minimum atomic E-state index is 0.106. The summed E-state index contributed by atoms with van der Waals surface area (Å²) in [5.74, 6) is 0. The van der Waals surface area contributed by atoms with Crippen molar-refractivity contribution in [1.82, 2.24) is 5.32 Å². The van der Waals surface area contributed by atoms with Gasteiger partial charge in [0.2, 0.25) is 0 Å². The van der Waals surface area contributed by atoms with Gasteiger partial charge in [-0.1, -0.05) is 13.8 Å². The Kier molecular flexibility index (Phi) is 6.21. The van der Waals surface area contributed by atoms with Crippen LogP contribution in [0.5, 0.6) is 0 Å². The first-order valence-electron chi connectivity index (χ1n) is 8.18. The van der Waals surface area contributed by atoms with Crippen LogP contribution in [0.4, 0.5) is 0 Å². The maximum Gasteiger partial charge on any atom is 0.0741 e. The molecule has 3 nitrogen and oxygen atoms in total. The number of thioether (sulfide) groups is 1. The predicted octanol–water partition coefficient (Wildman–Crippen LogP) is 3.23. The van der Waals surface area contributed by atoms with Gasteiger partial charge >= 0.3 is 0 Å². The monoisotopic (exact) mass is 301 g/mol. The van der Waals surface area contributed by atoms with Crippen molar-refractivity contribution in [2.75, 3.05) is 32.6 Å². The van der Waals surface area contributed by atoms with Crippen LogP contribution in [-0.4, -0.2) is 49.0 Å². The summed E-state index contributed by atoms with van der Waals surface area (Å²) < 4.78 is 12.0. The van der Waals surface area contributed by atoms with E-state index in [1.54, 1.807) is 0 Å². The average molecular weight is 301 g/mol. The lowest BCUT2D eigenvalue weighted by Gasteiger charge is -2.44. The lowest BCUT2D eigenvalue weighted by atomic mass is 9.84. The second-order valence-corrected chi connectivity index (χ2v) is 7.58. The van der Waals surface area contributed by atoms with Crippen LogP contribution in [0.1, 0.15) is 52.4 Å². The molecule has 2 aliphatic rings. The highest BCUT2D eigenvalue weighted by Crippen LogP contribution is 2.35. The Morgan fingerprint density at radius 1 is 1.20 bits per heavy atom. The average Bonchev–Trinajstić information content (AvgIpc) is 2.50. The number of hydrogen-bond donors (Lipinski definition) is 1. The zero-order valence-electron chi connectivity index (χ0n) is 13.4. The van der Waals surface area contributed by atoms with E-state index in [1.165, 1.54) is 12.8 Å². The summed E-state index contributed by atoms with van der Waals surface area (Å²) in [4.78, 5) is 0. The molecule has 1 unspecified atom stereocenters. The molecule has 2 aliphatic heterocycles. The van der Waals surface area contributed by atoms with Crippen molar-refractivity contribution in [2.24, 2.45) is 0 Å². The second kappa shape index (κ2) is 7.48. The topological polar surface area (TPSA) is 30.5 Å². The quantitative estimate of drug-likeness (QED) is 0.816. The van der Waals surface area contributed by atoms with Gasteiger partial charge in [-0.25, -0.2) is 0 Å². The van der Waals surface area contributed by atoms with Gasteiger partial charge in [0.15, 0.2) is 0 Å². The van der Waals surface area contributed by atoms with E-state index >= 15 is 0 Å². The molecule has 4 heteroatoms. The van der Waals surface area contributed by atoms with E-state index < -0.39 is 0 Å². The largest absolute Gasteiger partial charge is 0.381 e. The van der Waals surface area contributed by atoms with Crippen LogP contribution in [0, 0.1) is 0 Å². The third kappa shape index (κ3) is 3.90. The van der Waals surface area contributed by atoms with E-state index in [0.717, 1.165) is 52.0 Å². The second-order valence-electron chi connectivity index (χ2n) is 6.31. The Morgan fingerprint density at radius 2 is 1.90 bits per heavy atom. The molecule has 0 amide bonds. The first-order chi connectivity index (χ1) is 9.67. The molecule has 1 atom stereocenters. The van der Waals surface area contributed by atoms with Gasteiger partial charge in [0.25, 0.3) is 0 Å². The van der Waals surface area contributed by atoms with Crippen LogP contribution in [0.15, 0.2) is 0 Å². The molecule has 20 heavy (non-hydrogen) atoms. The molecule has 0 saturated carbocycles. The Balaban J connectivity index is 1.86. The van der Waals surface area contributed by atoms with Gasteiger partial charge in [-0.3, -0.25) is 0 Å². The van der Waals surface area contributed by atoms with Gasteiger partial charge in [-0.15, -0.1) is 0 Å². The van der Waals surface area contributed by atoms with Crippen molar-refractivity contribution in [1.29, 1.82) is 0 Å². The van der Waals surface area contributed by atoms with Gasteiger partial charge in [0.05, 0.1) is 5.60 Å². The van der Waals surface area contributed by atoms with Crippen LogP contribution >= 0.6 is 11.8 Å². The van der Waals surface area contributed by atoms with Crippen LogP contribution in [-0.2, 0) is 9.47 Å². The lowest BCUT2D eigenvalue weighted by Crippen LogP contribution is -2.52. The standard InChI is InChI=1S/C16H31NO2S/c1-4-16(5-2,20-3)13-17-14-6-9-19-15(12-14)7-10-18-11-8-15/h14,17H,4-13H2,1-3H3. The van der Waals surface area contributed by atoms with Gasteiger partial charge < -0.3 is 14.8 Å². The van der Waals surface area contributed by atoms with Gasteiger partial charge in [-0.05, 0) is 44.8 Å². The summed E-state index contributed by atoms with van der Waals surface area (Å²) in [5.41, 5.74) is 0.106. The van der Waals surface area contributed by atoms with E-state index in [0.29, 0.717) is 10.8 Å². The van der Waals surface area contributed by atoms with Crippen LogP contribution < -0.4 is 5.32 Å². The molecule has 2 rings (SSSR count). The maximum atomic E-state index is 6.12. The fourth-order valence-corrected chi connectivity index (χ4v) is 4.29. The minimum Gasteiger partial charge on any atom is -0.381 e. The Hall–Kier alpha value is 0.230. The molecule has 0 radical (unpaired) electrons. The Bertz CT molecular complexity index is 274. The van der Waals surface area contributed by atoms with Gasteiger partial charge in [-0.2, -0.15) is 11.8 Å². The molecule has 2 fully saturated rings. The van der Waals surface area contributed by atoms with E-state index in [4.69, 9.17) is 9.47 Å². The van der Waals surface area contributed by atoms with E-state index in [-0.39, 0.29) is 5.60 Å². The Labute approximate surface area is 128 Å². The summed E-state index contributed by atoms with van der Waals surface area (Å²) in [5, 5.41) is 3.85. The molecule has 0 aromatic carbocycles. The van der Waals surface area contributed by atoms with E-state index in [9.17, 15) is 0 Å². The van der Waals surface area contributed by atoms with Crippen LogP contribution in [0.2, 0.25) is 0 Å². The van der Waals surface area contributed by atoms with Crippen LogP contribution in [0.25, 0.3) is 0 Å². The first kappa shape index (κ1) is 16.6. The Morgan fingerprint density at radius 3 is 2.50 bits per heavy atom. The lowest BCUT2D eigenvalue weighted by molar-refractivity contribution is -0.140. The minimum absolute atomic E-state index is 0.106. The van der Waals surface area contributed by atoms with Crippen molar-refractivity contribution in [3.8, 4) is 0 Å². The van der Waals surface area contributed by atoms with Crippen molar-refractivity contribution >= 4 is 11.8 Å². The van der Waals surface area contributed by atoms with Crippen molar-refractivity contribution in [2.45, 2.75) is 68.8 Å². The smallest absolute Gasteiger partial charge is 0.0741 e. The van der Waals surface area contributed by atoms with E-state index in [1.807, 2.05) is 11.8 Å². The molecule has 0 aromatic rings. The summed E-state index contributed by atoms with van der Waals surface area (Å²) in [6.45, 7) is 8.38. The van der Waals surface area contributed by atoms with E-state index in [2.05, 4.69) is 25.4 Å². The molecular weight excluding hydrogens is 270 g/mol. The normalized spacial score (nSPS) is 26.9. The number of rotatable bonds is 6. The molecule has 1 spiro atoms. The highest BCUT2D eigenvalue weighted by molar-refractivity contribution is 8.00. The van der Waals surface area contributed by atoms with Gasteiger partial charge in [0.1, 0.15) is 0 Å². The summed E-state index contributed by atoms with van der Waals surface area (Å²) >= 11 is 2.02. The van der Waals surface area contributed by atoms with Gasteiger partial charge in [0, 0.05) is 37.2 Å². The summed E-state index contributed by atoms with van der Waals surface area (Å²) in [6.07, 6.45) is 9.17. The number of hydrogen-bond acceptors (Lipinski definition) is 4. The zero-order valence-corrected chi connectivity index (χ0v) is 14.2.